The van der Waals surface area contributed by atoms with Gasteiger partial charge in [-0.2, -0.15) is 0 Å². The molecule has 6 heteroatoms. The molecule has 0 aliphatic heterocycles. The van der Waals surface area contributed by atoms with Gasteiger partial charge >= 0.3 is 0 Å². The van der Waals surface area contributed by atoms with E-state index in [0.29, 0.717) is 17.1 Å². The van der Waals surface area contributed by atoms with E-state index in [0.717, 1.165) is 5.56 Å². The molecule has 0 aliphatic carbocycles. The zero-order chi connectivity index (χ0) is 18.4. The van der Waals surface area contributed by atoms with Crippen LogP contribution < -0.4 is 15.5 Å². The van der Waals surface area contributed by atoms with E-state index in [9.17, 15) is 14.4 Å². The molecule has 0 unspecified atom stereocenters. The topological polar surface area (TPSA) is 78.5 Å². The molecule has 3 amide bonds. The zero-order valence-electron chi connectivity index (χ0n) is 14.5. The molecule has 0 spiro atoms. The first-order valence-corrected chi connectivity index (χ1v) is 7.87. The molecular formula is C19H21N3O3. The highest BCUT2D eigenvalue weighted by Gasteiger charge is 2.16. The van der Waals surface area contributed by atoms with Crippen LogP contribution in [0.4, 0.5) is 17.1 Å². The molecule has 2 aromatic carbocycles. The van der Waals surface area contributed by atoms with Crippen LogP contribution in [0.15, 0.2) is 48.5 Å². The Morgan fingerprint density at radius 2 is 1.60 bits per heavy atom. The fourth-order valence-electron chi connectivity index (χ4n) is 2.38. The van der Waals surface area contributed by atoms with E-state index in [1.54, 1.807) is 30.3 Å². The van der Waals surface area contributed by atoms with Gasteiger partial charge in [-0.15, -0.1) is 0 Å². The Labute approximate surface area is 146 Å². The molecule has 0 aliphatic rings. The Balaban J connectivity index is 2.08. The second-order valence-corrected chi connectivity index (χ2v) is 5.75. The third kappa shape index (κ3) is 5.46. The number of nitrogens with one attached hydrogen (secondary N) is 2. The van der Waals surface area contributed by atoms with Gasteiger partial charge in [0.1, 0.15) is 6.54 Å². The summed E-state index contributed by atoms with van der Waals surface area (Å²) in [5.41, 5.74) is 2.94. The van der Waals surface area contributed by atoms with Gasteiger partial charge in [0.2, 0.25) is 17.7 Å². The van der Waals surface area contributed by atoms with E-state index in [4.69, 9.17) is 0 Å². The maximum absolute atomic E-state index is 12.3. The van der Waals surface area contributed by atoms with Crippen LogP contribution >= 0.6 is 0 Å². The Hall–Kier alpha value is -3.15. The second-order valence-electron chi connectivity index (χ2n) is 5.75. The number of hydrogen-bond donors (Lipinski definition) is 2. The average molecular weight is 339 g/mol. The minimum absolute atomic E-state index is 0.0945. The lowest BCUT2D eigenvalue weighted by Gasteiger charge is -2.21. The maximum atomic E-state index is 12.3. The van der Waals surface area contributed by atoms with Gasteiger partial charge in [0.05, 0.1) is 0 Å². The van der Waals surface area contributed by atoms with Crippen molar-refractivity contribution in [1.82, 2.24) is 0 Å². The number of aryl methyl sites for hydroxylation is 1. The highest BCUT2D eigenvalue weighted by Crippen LogP contribution is 2.18. The highest BCUT2D eigenvalue weighted by molar-refractivity contribution is 6.02. The van der Waals surface area contributed by atoms with Crippen LogP contribution in [0, 0.1) is 6.92 Å². The van der Waals surface area contributed by atoms with Crippen molar-refractivity contribution in [1.29, 1.82) is 0 Å². The van der Waals surface area contributed by atoms with Gasteiger partial charge in [-0.1, -0.05) is 12.1 Å². The van der Waals surface area contributed by atoms with E-state index in [1.165, 1.54) is 18.7 Å². The van der Waals surface area contributed by atoms with Gasteiger partial charge in [-0.3, -0.25) is 14.4 Å². The molecule has 2 N–H and O–H groups in total. The van der Waals surface area contributed by atoms with E-state index in [-0.39, 0.29) is 24.3 Å². The number of amides is 3. The molecule has 0 bridgehead atoms. The first-order chi connectivity index (χ1) is 11.8. The lowest BCUT2D eigenvalue weighted by molar-refractivity contribution is -0.120. The van der Waals surface area contributed by atoms with Crippen LogP contribution in [-0.2, 0) is 14.4 Å². The fourth-order valence-corrected chi connectivity index (χ4v) is 2.38. The minimum Gasteiger partial charge on any atom is -0.326 e. The lowest BCUT2D eigenvalue weighted by atomic mass is 10.2. The maximum Gasteiger partial charge on any atom is 0.244 e. The molecule has 0 saturated carbocycles. The highest BCUT2D eigenvalue weighted by atomic mass is 16.2. The summed E-state index contributed by atoms with van der Waals surface area (Å²) in [6.45, 7) is 4.67. The van der Waals surface area contributed by atoms with Gasteiger partial charge in [-0.05, 0) is 48.9 Å². The lowest BCUT2D eigenvalue weighted by Crippen LogP contribution is -2.36. The first kappa shape index (κ1) is 18.2. The summed E-state index contributed by atoms with van der Waals surface area (Å²) in [5.74, 6) is -0.702. The third-order valence-electron chi connectivity index (χ3n) is 3.48. The minimum atomic E-state index is -0.285. The number of carbonyl (C=O) groups excluding carboxylic acids is 3. The smallest absolute Gasteiger partial charge is 0.244 e. The van der Waals surface area contributed by atoms with Crippen molar-refractivity contribution in [2.75, 3.05) is 22.1 Å². The largest absolute Gasteiger partial charge is 0.326 e. The molecule has 130 valence electrons. The van der Waals surface area contributed by atoms with E-state index >= 15 is 0 Å². The van der Waals surface area contributed by atoms with Gasteiger partial charge < -0.3 is 15.5 Å². The number of benzene rings is 2. The summed E-state index contributed by atoms with van der Waals surface area (Å²) in [5, 5.41) is 5.44. The summed E-state index contributed by atoms with van der Waals surface area (Å²) in [6, 6.07) is 14.2. The fraction of sp³-hybridized carbons (Fsp3) is 0.211. The molecule has 6 nitrogen and oxygen atoms in total. The van der Waals surface area contributed by atoms with Crippen molar-refractivity contribution in [2.45, 2.75) is 20.8 Å². The van der Waals surface area contributed by atoms with Gasteiger partial charge in [0.25, 0.3) is 0 Å². The molecule has 2 aromatic rings. The monoisotopic (exact) mass is 339 g/mol. The Bertz CT molecular complexity index is 785. The summed E-state index contributed by atoms with van der Waals surface area (Å²) < 4.78 is 0. The number of rotatable bonds is 5. The summed E-state index contributed by atoms with van der Waals surface area (Å²) >= 11 is 0. The Morgan fingerprint density at radius 3 is 2.16 bits per heavy atom. The number of anilines is 3. The molecule has 25 heavy (non-hydrogen) atoms. The van der Waals surface area contributed by atoms with Crippen LogP contribution in [0.5, 0.6) is 0 Å². The quantitative estimate of drug-likeness (QED) is 0.879. The van der Waals surface area contributed by atoms with Crippen molar-refractivity contribution < 1.29 is 14.4 Å². The Kier molecular flexibility index (Phi) is 5.89. The normalized spacial score (nSPS) is 10.0. The van der Waals surface area contributed by atoms with Crippen molar-refractivity contribution >= 4 is 34.8 Å². The van der Waals surface area contributed by atoms with Crippen LogP contribution in [0.25, 0.3) is 0 Å². The second kappa shape index (κ2) is 8.10. The van der Waals surface area contributed by atoms with Gasteiger partial charge in [0.15, 0.2) is 0 Å². The Morgan fingerprint density at radius 1 is 0.920 bits per heavy atom. The van der Waals surface area contributed by atoms with E-state index in [1.807, 2.05) is 25.1 Å². The molecule has 0 atom stereocenters. The molecule has 0 saturated heterocycles. The van der Waals surface area contributed by atoms with Gasteiger partial charge in [-0.25, -0.2) is 0 Å². The predicted molar refractivity (Wildman–Crippen MR) is 98.6 cm³/mol. The summed E-state index contributed by atoms with van der Waals surface area (Å²) in [4.78, 5) is 36.6. The standard InChI is InChI=1S/C19H21N3O3/c1-13-5-4-6-17(11-13)21-19(25)12-22(15(3)24)18-9-7-16(8-10-18)20-14(2)23/h4-11H,12H2,1-3H3,(H,20,23)(H,21,25). The summed E-state index contributed by atoms with van der Waals surface area (Å²) in [6.07, 6.45) is 0. The molecule has 0 radical (unpaired) electrons. The first-order valence-electron chi connectivity index (χ1n) is 7.87. The van der Waals surface area contributed by atoms with Crippen molar-refractivity contribution in [3.05, 3.63) is 54.1 Å². The van der Waals surface area contributed by atoms with E-state index < -0.39 is 0 Å². The molecule has 2 rings (SSSR count). The number of carbonyl (C=O) groups is 3. The SMILES string of the molecule is CC(=O)Nc1ccc(N(CC(=O)Nc2cccc(C)c2)C(C)=O)cc1. The van der Waals surface area contributed by atoms with Crippen LogP contribution in [0.1, 0.15) is 19.4 Å². The molecular weight excluding hydrogens is 318 g/mol. The van der Waals surface area contributed by atoms with Crippen molar-refractivity contribution in [2.24, 2.45) is 0 Å². The zero-order valence-corrected chi connectivity index (χ0v) is 14.5. The number of nitrogens with zero attached hydrogens (tertiary/aromatic N) is 1. The summed E-state index contributed by atoms with van der Waals surface area (Å²) in [7, 11) is 0. The van der Waals surface area contributed by atoms with Gasteiger partial charge in [0, 0.05) is 30.9 Å². The van der Waals surface area contributed by atoms with Crippen LogP contribution in [0.2, 0.25) is 0 Å². The van der Waals surface area contributed by atoms with Crippen molar-refractivity contribution in [3.8, 4) is 0 Å². The van der Waals surface area contributed by atoms with E-state index in [2.05, 4.69) is 10.6 Å². The molecule has 0 fully saturated rings. The van der Waals surface area contributed by atoms with Crippen LogP contribution in [0.3, 0.4) is 0 Å². The third-order valence-corrected chi connectivity index (χ3v) is 3.48. The van der Waals surface area contributed by atoms with Crippen molar-refractivity contribution in [3.63, 3.8) is 0 Å². The molecule has 0 heterocycles. The number of hydrogen-bond acceptors (Lipinski definition) is 3. The van der Waals surface area contributed by atoms with Crippen LogP contribution in [-0.4, -0.2) is 24.3 Å². The average Bonchev–Trinajstić information content (AvgIpc) is 2.53. The molecule has 0 aromatic heterocycles. The predicted octanol–water partition coefficient (Wildman–Crippen LogP) is 2.95.